The quantitative estimate of drug-likeness (QED) is 0.763. The fourth-order valence-corrected chi connectivity index (χ4v) is 2.48. The molecule has 128 valence electrons. The van der Waals surface area contributed by atoms with Gasteiger partial charge in [-0.05, 0) is 17.7 Å². The highest BCUT2D eigenvalue weighted by atomic mass is 19.4. The minimum Gasteiger partial charge on any atom is -0.490 e. The van der Waals surface area contributed by atoms with Crippen molar-refractivity contribution in [3.05, 3.63) is 60.2 Å². The van der Waals surface area contributed by atoms with E-state index in [1.54, 1.807) is 6.07 Å². The van der Waals surface area contributed by atoms with Crippen molar-refractivity contribution in [1.82, 2.24) is 0 Å². The average molecular weight is 338 g/mol. The molecule has 1 fully saturated rings. The molecule has 2 aromatic rings. The van der Waals surface area contributed by atoms with Crippen LogP contribution in [-0.4, -0.2) is 18.6 Å². The molecule has 0 spiro atoms. The summed E-state index contributed by atoms with van der Waals surface area (Å²) in [5.41, 5.74) is 1.11. The minimum absolute atomic E-state index is 0.0492. The van der Waals surface area contributed by atoms with E-state index in [1.165, 1.54) is 18.2 Å². The van der Waals surface area contributed by atoms with Crippen LogP contribution in [0.25, 0.3) is 0 Å². The number of ether oxygens (including phenoxy) is 3. The molecule has 1 aliphatic rings. The zero-order valence-corrected chi connectivity index (χ0v) is 12.8. The van der Waals surface area contributed by atoms with Crippen molar-refractivity contribution in [2.45, 2.75) is 38.0 Å². The fraction of sp³-hybridized carbons (Fsp3) is 0.333. The molecule has 0 saturated heterocycles. The zero-order valence-electron chi connectivity index (χ0n) is 12.8. The van der Waals surface area contributed by atoms with Crippen LogP contribution in [0.2, 0.25) is 0 Å². The Kier molecular flexibility index (Phi) is 4.94. The number of halogens is 3. The summed E-state index contributed by atoms with van der Waals surface area (Å²) in [5.74, 6) is 0.0828. The Morgan fingerprint density at radius 3 is 2.29 bits per heavy atom. The van der Waals surface area contributed by atoms with Crippen molar-refractivity contribution in [2.75, 3.05) is 0 Å². The lowest BCUT2D eigenvalue weighted by Gasteiger charge is -2.35. The zero-order chi connectivity index (χ0) is 17.0. The maximum Gasteiger partial charge on any atom is 0.573 e. The largest absolute Gasteiger partial charge is 0.573 e. The Labute approximate surface area is 138 Å². The third-order valence-electron chi connectivity index (χ3n) is 3.72. The predicted octanol–water partition coefficient (Wildman–Crippen LogP) is 4.71. The van der Waals surface area contributed by atoms with E-state index in [0.29, 0.717) is 12.4 Å². The SMILES string of the molecule is FC(F)(F)Oc1cccc(OC2CC(OCc3ccccc3)C2)c1. The van der Waals surface area contributed by atoms with E-state index in [2.05, 4.69) is 4.74 Å². The molecule has 3 rings (SSSR count). The van der Waals surface area contributed by atoms with E-state index in [4.69, 9.17) is 9.47 Å². The first-order valence-electron chi connectivity index (χ1n) is 7.66. The third kappa shape index (κ3) is 4.89. The summed E-state index contributed by atoms with van der Waals surface area (Å²) in [6.45, 7) is 0.549. The monoisotopic (exact) mass is 338 g/mol. The number of hydrogen-bond acceptors (Lipinski definition) is 3. The summed E-state index contributed by atoms with van der Waals surface area (Å²) in [4.78, 5) is 0. The van der Waals surface area contributed by atoms with Gasteiger partial charge < -0.3 is 14.2 Å². The number of rotatable bonds is 6. The Hall–Kier alpha value is -2.21. The molecule has 0 amide bonds. The molecule has 0 radical (unpaired) electrons. The van der Waals surface area contributed by atoms with E-state index in [9.17, 15) is 13.2 Å². The Balaban J connectivity index is 1.43. The molecule has 0 aliphatic heterocycles. The second-order valence-electron chi connectivity index (χ2n) is 5.65. The van der Waals surface area contributed by atoms with Gasteiger partial charge in [-0.15, -0.1) is 13.2 Å². The summed E-state index contributed by atoms with van der Waals surface area (Å²) < 4.78 is 51.9. The average Bonchev–Trinajstić information content (AvgIpc) is 2.49. The van der Waals surface area contributed by atoms with E-state index in [-0.39, 0.29) is 18.0 Å². The highest BCUT2D eigenvalue weighted by Crippen LogP contribution is 2.31. The summed E-state index contributed by atoms with van der Waals surface area (Å²) >= 11 is 0. The van der Waals surface area contributed by atoms with E-state index >= 15 is 0 Å². The molecule has 0 atom stereocenters. The molecule has 6 heteroatoms. The molecule has 1 aliphatic carbocycles. The topological polar surface area (TPSA) is 27.7 Å². The van der Waals surface area contributed by atoms with Crippen molar-refractivity contribution in [2.24, 2.45) is 0 Å². The summed E-state index contributed by atoms with van der Waals surface area (Å²) in [6, 6.07) is 15.4. The number of hydrogen-bond donors (Lipinski definition) is 0. The highest BCUT2D eigenvalue weighted by molar-refractivity contribution is 5.33. The van der Waals surface area contributed by atoms with Gasteiger partial charge in [0.2, 0.25) is 0 Å². The van der Waals surface area contributed by atoms with E-state index < -0.39 is 6.36 Å². The summed E-state index contributed by atoms with van der Waals surface area (Å²) in [5, 5.41) is 0. The van der Waals surface area contributed by atoms with Crippen LogP contribution in [0.4, 0.5) is 13.2 Å². The minimum atomic E-state index is -4.70. The van der Waals surface area contributed by atoms with Crippen molar-refractivity contribution < 1.29 is 27.4 Å². The van der Waals surface area contributed by atoms with Gasteiger partial charge in [-0.25, -0.2) is 0 Å². The van der Waals surface area contributed by atoms with Crippen LogP contribution in [0.3, 0.4) is 0 Å². The molecule has 0 heterocycles. The molecule has 24 heavy (non-hydrogen) atoms. The number of benzene rings is 2. The Bertz CT molecular complexity index is 652. The molecule has 0 N–H and O–H groups in total. The predicted molar refractivity (Wildman–Crippen MR) is 81.8 cm³/mol. The molecule has 0 aromatic heterocycles. The normalized spacial score (nSPS) is 20.3. The molecule has 2 aromatic carbocycles. The lowest BCUT2D eigenvalue weighted by atomic mass is 9.92. The second-order valence-corrected chi connectivity index (χ2v) is 5.65. The van der Waals surface area contributed by atoms with Gasteiger partial charge in [0.1, 0.15) is 17.6 Å². The van der Waals surface area contributed by atoms with Crippen molar-refractivity contribution >= 4 is 0 Å². The van der Waals surface area contributed by atoms with Gasteiger partial charge in [0.05, 0.1) is 12.7 Å². The van der Waals surface area contributed by atoms with E-state index in [1.807, 2.05) is 30.3 Å². The van der Waals surface area contributed by atoms with Crippen LogP contribution in [0, 0.1) is 0 Å². The molecule has 0 bridgehead atoms. The second kappa shape index (κ2) is 7.13. The van der Waals surface area contributed by atoms with Gasteiger partial charge >= 0.3 is 6.36 Å². The highest BCUT2D eigenvalue weighted by Gasteiger charge is 2.33. The smallest absolute Gasteiger partial charge is 0.490 e. The van der Waals surface area contributed by atoms with Crippen LogP contribution in [0.1, 0.15) is 18.4 Å². The fourth-order valence-electron chi connectivity index (χ4n) is 2.48. The number of alkyl halides is 3. The summed E-state index contributed by atoms with van der Waals surface area (Å²) in [7, 11) is 0. The maximum absolute atomic E-state index is 12.2. The van der Waals surface area contributed by atoms with Gasteiger partial charge in [0.15, 0.2) is 0 Å². The first-order valence-corrected chi connectivity index (χ1v) is 7.66. The third-order valence-corrected chi connectivity index (χ3v) is 3.72. The van der Waals surface area contributed by atoms with Gasteiger partial charge in [-0.3, -0.25) is 0 Å². The van der Waals surface area contributed by atoms with Crippen LogP contribution >= 0.6 is 0 Å². The van der Waals surface area contributed by atoms with Gasteiger partial charge in [-0.2, -0.15) is 0 Å². The van der Waals surface area contributed by atoms with Gasteiger partial charge in [0.25, 0.3) is 0 Å². The van der Waals surface area contributed by atoms with Gasteiger partial charge in [0, 0.05) is 18.9 Å². The maximum atomic E-state index is 12.2. The van der Waals surface area contributed by atoms with Crippen LogP contribution in [0.15, 0.2) is 54.6 Å². The van der Waals surface area contributed by atoms with Crippen molar-refractivity contribution in [1.29, 1.82) is 0 Å². The molecule has 0 unspecified atom stereocenters. The first-order chi connectivity index (χ1) is 11.5. The molecule has 3 nitrogen and oxygen atoms in total. The lowest BCUT2D eigenvalue weighted by Crippen LogP contribution is -2.39. The van der Waals surface area contributed by atoms with Crippen LogP contribution in [-0.2, 0) is 11.3 Å². The van der Waals surface area contributed by atoms with Crippen molar-refractivity contribution in [3.8, 4) is 11.5 Å². The Morgan fingerprint density at radius 1 is 0.875 bits per heavy atom. The molecular weight excluding hydrogens is 321 g/mol. The molecule has 1 saturated carbocycles. The Morgan fingerprint density at radius 2 is 1.58 bits per heavy atom. The first kappa shape index (κ1) is 16.6. The lowest BCUT2D eigenvalue weighted by molar-refractivity contribution is -0.274. The summed E-state index contributed by atoms with van der Waals surface area (Å²) in [6.07, 6.45) is -3.20. The van der Waals surface area contributed by atoms with Gasteiger partial charge in [-0.1, -0.05) is 36.4 Å². The van der Waals surface area contributed by atoms with Crippen molar-refractivity contribution in [3.63, 3.8) is 0 Å². The molecular formula is C18H17F3O3. The van der Waals surface area contributed by atoms with E-state index in [0.717, 1.165) is 18.4 Å². The van der Waals surface area contributed by atoms with Crippen LogP contribution < -0.4 is 9.47 Å². The van der Waals surface area contributed by atoms with Crippen LogP contribution in [0.5, 0.6) is 11.5 Å². The standard InChI is InChI=1S/C18H17F3O3/c19-18(20,21)24-15-8-4-7-14(9-15)23-17-10-16(11-17)22-12-13-5-2-1-3-6-13/h1-9,16-17H,10-12H2.